The van der Waals surface area contributed by atoms with Crippen molar-refractivity contribution < 1.29 is 21.6 Å². The zero-order valence-corrected chi connectivity index (χ0v) is 21.6. The van der Waals surface area contributed by atoms with Gasteiger partial charge < -0.3 is 5.32 Å². The minimum absolute atomic E-state index is 0.000269. The Balaban J connectivity index is 1.50. The van der Waals surface area contributed by atoms with Gasteiger partial charge >= 0.3 is 0 Å². The third kappa shape index (κ3) is 6.32. The molecule has 11 heteroatoms. The van der Waals surface area contributed by atoms with Crippen LogP contribution in [0.2, 0.25) is 0 Å². The van der Waals surface area contributed by atoms with Crippen LogP contribution in [-0.4, -0.2) is 27.7 Å². The SMILES string of the molecule is Cc1cccc(NS(=O)(=O)c2cc(C(=O)Nc3ccc(S(=O)(=O)Nc4cccnc4)cc3)ccc2C)c1. The summed E-state index contributed by atoms with van der Waals surface area (Å²) < 4.78 is 56.2. The van der Waals surface area contributed by atoms with Gasteiger partial charge in [-0.2, -0.15) is 0 Å². The molecule has 0 atom stereocenters. The molecule has 0 spiro atoms. The van der Waals surface area contributed by atoms with E-state index < -0.39 is 26.0 Å². The monoisotopic (exact) mass is 536 g/mol. The molecule has 1 amide bonds. The highest BCUT2D eigenvalue weighted by atomic mass is 32.2. The Hall–Kier alpha value is -4.22. The summed E-state index contributed by atoms with van der Waals surface area (Å²) >= 11 is 0. The van der Waals surface area contributed by atoms with Crippen LogP contribution in [0, 0.1) is 13.8 Å². The Labute approximate surface area is 215 Å². The summed E-state index contributed by atoms with van der Waals surface area (Å²) in [4.78, 5) is 16.7. The molecule has 0 radical (unpaired) electrons. The molecule has 0 saturated heterocycles. The molecule has 37 heavy (non-hydrogen) atoms. The van der Waals surface area contributed by atoms with Gasteiger partial charge in [0.15, 0.2) is 0 Å². The summed E-state index contributed by atoms with van der Waals surface area (Å²) in [5.41, 5.74) is 2.59. The van der Waals surface area contributed by atoms with Gasteiger partial charge in [-0.25, -0.2) is 16.8 Å². The lowest BCUT2D eigenvalue weighted by Crippen LogP contribution is -2.17. The Morgan fingerprint density at radius 1 is 0.730 bits per heavy atom. The minimum Gasteiger partial charge on any atom is -0.322 e. The molecule has 0 aliphatic rings. The number of nitrogens with zero attached hydrogens (tertiary/aromatic N) is 1. The zero-order valence-electron chi connectivity index (χ0n) is 20.0. The molecule has 4 rings (SSSR count). The highest BCUT2D eigenvalue weighted by Gasteiger charge is 2.20. The normalized spacial score (nSPS) is 11.5. The summed E-state index contributed by atoms with van der Waals surface area (Å²) in [6.07, 6.45) is 2.92. The maximum Gasteiger partial charge on any atom is 0.262 e. The fourth-order valence-corrected chi connectivity index (χ4v) is 5.87. The van der Waals surface area contributed by atoms with Crippen LogP contribution in [0.1, 0.15) is 21.5 Å². The van der Waals surface area contributed by atoms with E-state index in [9.17, 15) is 21.6 Å². The summed E-state index contributed by atoms with van der Waals surface area (Å²) in [6.45, 7) is 3.50. The number of nitrogens with one attached hydrogen (secondary N) is 3. The van der Waals surface area contributed by atoms with Gasteiger partial charge in [0, 0.05) is 23.1 Å². The summed E-state index contributed by atoms with van der Waals surface area (Å²) in [7, 11) is -7.79. The van der Waals surface area contributed by atoms with E-state index in [1.165, 1.54) is 48.8 Å². The van der Waals surface area contributed by atoms with Crippen molar-refractivity contribution in [2.45, 2.75) is 23.6 Å². The number of carbonyl (C=O) groups excluding carboxylic acids is 1. The van der Waals surface area contributed by atoms with Crippen LogP contribution < -0.4 is 14.8 Å². The smallest absolute Gasteiger partial charge is 0.262 e. The molecule has 4 aromatic rings. The number of aryl methyl sites for hydroxylation is 2. The van der Waals surface area contributed by atoms with Crippen LogP contribution in [-0.2, 0) is 20.0 Å². The van der Waals surface area contributed by atoms with Crippen molar-refractivity contribution in [3.05, 3.63) is 108 Å². The van der Waals surface area contributed by atoms with Crippen molar-refractivity contribution in [3.63, 3.8) is 0 Å². The second-order valence-electron chi connectivity index (χ2n) is 8.28. The molecule has 3 aromatic carbocycles. The number of benzene rings is 3. The van der Waals surface area contributed by atoms with E-state index in [1.54, 1.807) is 43.3 Å². The van der Waals surface area contributed by atoms with Gasteiger partial charge in [-0.15, -0.1) is 0 Å². The van der Waals surface area contributed by atoms with E-state index in [-0.39, 0.29) is 15.4 Å². The van der Waals surface area contributed by atoms with Crippen molar-refractivity contribution in [1.82, 2.24) is 4.98 Å². The van der Waals surface area contributed by atoms with Gasteiger partial charge in [0.05, 0.1) is 21.7 Å². The predicted molar refractivity (Wildman–Crippen MR) is 143 cm³/mol. The fourth-order valence-electron chi connectivity index (χ4n) is 3.51. The number of rotatable bonds is 8. The Bertz CT molecular complexity index is 1660. The summed E-state index contributed by atoms with van der Waals surface area (Å²) in [5, 5.41) is 2.66. The van der Waals surface area contributed by atoms with Gasteiger partial charge in [-0.1, -0.05) is 18.2 Å². The Morgan fingerprint density at radius 3 is 2.11 bits per heavy atom. The maximum atomic E-state index is 13.0. The van der Waals surface area contributed by atoms with Gasteiger partial charge in [0.1, 0.15) is 0 Å². The second kappa shape index (κ2) is 10.4. The molecule has 0 aliphatic carbocycles. The van der Waals surface area contributed by atoms with E-state index in [1.807, 2.05) is 13.0 Å². The Kier molecular flexibility index (Phi) is 7.28. The van der Waals surface area contributed by atoms with Crippen LogP contribution in [0.15, 0.2) is 101 Å². The van der Waals surface area contributed by atoms with Gasteiger partial charge in [0.25, 0.3) is 26.0 Å². The number of pyridine rings is 1. The lowest BCUT2D eigenvalue weighted by molar-refractivity contribution is 0.102. The summed E-state index contributed by atoms with van der Waals surface area (Å²) in [6, 6.07) is 20.1. The fraction of sp³-hybridized carbons (Fsp3) is 0.0769. The van der Waals surface area contributed by atoms with Crippen molar-refractivity contribution in [3.8, 4) is 0 Å². The molecule has 1 aromatic heterocycles. The first kappa shape index (κ1) is 25.9. The van der Waals surface area contributed by atoms with Crippen molar-refractivity contribution >= 4 is 43.0 Å². The number of carbonyl (C=O) groups is 1. The molecule has 190 valence electrons. The Morgan fingerprint density at radius 2 is 1.43 bits per heavy atom. The predicted octanol–water partition coefficient (Wildman–Crippen LogP) is 4.55. The molecule has 1 heterocycles. The topological polar surface area (TPSA) is 134 Å². The number of amides is 1. The van der Waals surface area contributed by atoms with E-state index in [0.29, 0.717) is 22.6 Å². The molecule has 0 aliphatic heterocycles. The quantitative estimate of drug-likeness (QED) is 0.302. The third-order valence-electron chi connectivity index (χ3n) is 5.35. The van der Waals surface area contributed by atoms with Crippen molar-refractivity contribution in [2.24, 2.45) is 0 Å². The summed E-state index contributed by atoms with van der Waals surface area (Å²) in [5.74, 6) is -0.545. The lowest BCUT2D eigenvalue weighted by atomic mass is 10.1. The van der Waals surface area contributed by atoms with E-state index in [2.05, 4.69) is 19.7 Å². The van der Waals surface area contributed by atoms with Crippen LogP contribution >= 0.6 is 0 Å². The van der Waals surface area contributed by atoms with Gasteiger partial charge in [-0.05, 0) is 85.6 Å². The first-order valence-electron chi connectivity index (χ1n) is 11.1. The van der Waals surface area contributed by atoms with Crippen LogP contribution in [0.4, 0.5) is 17.1 Å². The molecule has 0 unspecified atom stereocenters. The lowest BCUT2D eigenvalue weighted by Gasteiger charge is -2.13. The zero-order chi connectivity index (χ0) is 26.6. The van der Waals surface area contributed by atoms with Crippen LogP contribution in [0.25, 0.3) is 0 Å². The molecule has 3 N–H and O–H groups in total. The van der Waals surface area contributed by atoms with Gasteiger partial charge in [-0.3, -0.25) is 19.2 Å². The average molecular weight is 537 g/mol. The first-order valence-corrected chi connectivity index (χ1v) is 14.0. The number of aromatic nitrogens is 1. The molecule has 9 nitrogen and oxygen atoms in total. The average Bonchev–Trinajstić information content (AvgIpc) is 2.84. The number of hydrogen-bond acceptors (Lipinski definition) is 6. The van der Waals surface area contributed by atoms with Crippen molar-refractivity contribution in [2.75, 3.05) is 14.8 Å². The van der Waals surface area contributed by atoms with E-state index in [4.69, 9.17) is 0 Å². The van der Waals surface area contributed by atoms with Crippen molar-refractivity contribution in [1.29, 1.82) is 0 Å². The molecular formula is C26H24N4O5S2. The van der Waals surface area contributed by atoms with E-state index >= 15 is 0 Å². The molecule has 0 fully saturated rings. The number of anilines is 3. The van der Waals surface area contributed by atoms with Crippen LogP contribution in [0.3, 0.4) is 0 Å². The maximum absolute atomic E-state index is 13.0. The third-order valence-corrected chi connectivity index (χ3v) is 8.27. The largest absolute Gasteiger partial charge is 0.322 e. The number of hydrogen-bond donors (Lipinski definition) is 3. The highest BCUT2D eigenvalue weighted by Crippen LogP contribution is 2.23. The number of sulfonamides is 2. The molecule has 0 saturated carbocycles. The molecule has 0 bridgehead atoms. The van der Waals surface area contributed by atoms with Gasteiger partial charge in [0.2, 0.25) is 0 Å². The van der Waals surface area contributed by atoms with Crippen LogP contribution in [0.5, 0.6) is 0 Å². The highest BCUT2D eigenvalue weighted by molar-refractivity contribution is 7.93. The van der Waals surface area contributed by atoms with E-state index in [0.717, 1.165) is 5.56 Å². The molecular weight excluding hydrogens is 512 g/mol. The standard InChI is InChI=1S/C26H24N4O5S2/c1-18-5-3-6-22(15-18)29-37(34,35)25-16-20(9-8-19(25)2)26(31)28-21-10-12-24(13-11-21)36(32,33)30-23-7-4-14-27-17-23/h3-17,29-30H,1-2H3,(H,28,31). The second-order valence-corrected chi connectivity index (χ2v) is 11.6. The minimum atomic E-state index is -3.95. The first-order chi connectivity index (χ1) is 17.5.